The molecule has 0 aliphatic rings. The Morgan fingerprint density at radius 2 is 1.39 bits per heavy atom. The van der Waals surface area contributed by atoms with Crippen LogP contribution in [0.5, 0.6) is 0 Å². The van der Waals surface area contributed by atoms with Crippen molar-refractivity contribution >= 4 is 35.6 Å². The molecule has 0 aliphatic heterocycles. The molecule has 0 fully saturated rings. The van der Waals surface area contributed by atoms with Crippen molar-refractivity contribution in [2.45, 2.75) is 77.5 Å². The number of aliphatic carboxylic acids is 2. The molecule has 0 aromatic carbocycles. The first-order valence-corrected chi connectivity index (χ1v) is 10.6. The average Bonchev–Trinajstić information content (AvgIpc) is 2.71. The second kappa shape index (κ2) is 14.0. The van der Waals surface area contributed by atoms with Crippen molar-refractivity contribution in [1.29, 1.82) is 0 Å². The smallest absolute Gasteiger partial charge is 0.326 e. The summed E-state index contributed by atoms with van der Waals surface area (Å²) in [4.78, 5) is 71.3. The fraction of sp³-hybridized carbons (Fsp3) is 0.700. The lowest BCUT2D eigenvalue weighted by atomic mass is 9.96. The summed E-state index contributed by atoms with van der Waals surface area (Å²) in [6, 6.07) is -5.05. The van der Waals surface area contributed by atoms with Crippen LogP contribution in [-0.4, -0.2) is 69.9 Å². The third kappa shape index (κ3) is 10.8. The van der Waals surface area contributed by atoms with Crippen LogP contribution in [0, 0.1) is 11.8 Å². The fourth-order valence-corrected chi connectivity index (χ4v) is 2.73. The number of hydrogen-bond acceptors (Lipinski definition) is 7. The third-order valence-corrected chi connectivity index (χ3v) is 5.11. The second-order valence-corrected chi connectivity index (χ2v) is 8.21. The predicted molar refractivity (Wildman–Crippen MR) is 116 cm³/mol. The van der Waals surface area contributed by atoms with E-state index >= 15 is 0 Å². The maximum Gasteiger partial charge on any atom is 0.326 e. The first-order valence-electron chi connectivity index (χ1n) is 10.6. The summed E-state index contributed by atoms with van der Waals surface area (Å²) in [5.74, 6) is -6.65. The van der Waals surface area contributed by atoms with Gasteiger partial charge in [-0.1, -0.05) is 34.1 Å². The van der Waals surface area contributed by atoms with Crippen LogP contribution < -0.4 is 27.4 Å². The van der Waals surface area contributed by atoms with Crippen LogP contribution in [0.25, 0.3) is 0 Å². The minimum atomic E-state index is -1.66. The molecular formula is C20H35N5O8. The monoisotopic (exact) mass is 473 g/mol. The number of hydrogen-bond donors (Lipinski definition) is 7. The number of rotatable bonds is 15. The van der Waals surface area contributed by atoms with Crippen LogP contribution >= 0.6 is 0 Å². The lowest BCUT2D eigenvalue weighted by Crippen LogP contribution is -2.59. The zero-order valence-corrected chi connectivity index (χ0v) is 19.3. The molecule has 0 aromatic rings. The van der Waals surface area contributed by atoms with Crippen LogP contribution in [0.4, 0.5) is 0 Å². The Labute approximate surface area is 192 Å². The van der Waals surface area contributed by atoms with Gasteiger partial charge >= 0.3 is 11.9 Å². The highest BCUT2D eigenvalue weighted by Gasteiger charge is 2.33. The van der Waals surface area contributed by atoms with Crippen LogP contribution in [0.15, 0.2) is 0 Å². The van der Waals surface area contributed by atoms with Gasteiger partial charge in [-0.05, 0) is 18.3 Å². The zero-order chi connectivity index (χ0) is 25.9. The molecule has 0 rings (SSSR count). The minimum absolute atomic E-state index is 0.196. The molecule has 5 atom stereocenters. The van der Waals surface area contributed by atoms with E-state index in [0.29, 0.717) is 6.42 Å². The summed E-state index contributed by atoms with van der Waals surface area (Å²) in [6.07, 6.45) is -1.08. The maximum absolute atomic E-state index is 12.9. The topological polar surface area (TPSA) is 231 Å². The van der Waals surface area contributed by atoms with Crippen molar-refractivity contribution in [1.82, 2.24) is 16.0 Å². The van der Waals surface area contributed by atoms with Gasteiger partial charge in [-0.2, -0.15) is 0 Å². The molecular weight excluding hydrogens is 438 g/mol. The van der Waals surface area contributed by atoms with Crippen LogP contribution in [0.2, 0.25) is 0 Å². The first kappa shape index (κ1) is 29.8. The number of carboxylic acids is 2. The van der Waals surface area contributed by atoms with Crippen LogP contribution in [-0.2, 0) is 28.8 Å². The van der Waals surface area contributed by atoms with Crippen molar-refractivity contribution < 1.29 is 39.0 Å². The number of amides is 4. The number of nitrogens with two attached hydrogens (primary N) is 2. The van der Waals surface area contributed by atoms with Crippen LogP contribution in [0.3, 0.4) is 0 Å². The molecule has 0 bridgehead atoms. The van der Waals surface area contributed by atoms with Gasteiger partial charge in [0.2, 0.25) is 23.6 Å². The van der Waals surface area contributed by atoms with Gasteiger partial charge in [0.15, 0.2) is 0 Å². The Kier molecular flexibility index (Phi) is 12.7. The van der Waals surface area contributed by atoms with Gasteiger partial charge in [-0.15, -0.1) is 0 Å². The summed E-state index contributed by atoms with van der Waals surface area (Å²) >= 11 is 0. The van der Waals surface area contributed by atoms with Gasteiger partial charge < -0.3 is 37.6 Å². The Morgan fingerprint density at radius 1 is 0.848 bits per heavy atom. The summed E-state index contributed by atoms with van der Waals surface area (Å²) < 4.78 is 0. The van der Waals surface area contributed by atoms with E-state index < -0.39 is 72.6 Å². The van der Waals surface area contributed by atoms with Gasteiger partial charge in [0, 0.05) is 6.42 Å². The normalized spacial score (nSPS) is 15.5. The zero-order valence-electron chi connectivity index (χ0n) is 19.3. The first-order chi connectivity index (χ1) is 15.2. The molecule has 4 amide bonds. The number of carboxylic acid groups (broad SMARTS) is 2. The molecule has 13 heteroatoms. The van der Waals surface area contributed by atoms with Crippen molar-refractivity contribution in [2.24, 2.45) is 23.3 Å². The number of nitrogens with one attached hydrogen (secondary N) is 3. The summed E-state index contributed by atoms with van der Waals surface area (Å²) in [5, 5.41) is 25.2. The predicted octanol–water partition coefficient (Wildman–Crippen LogP) is -1.70. The third-order valence-electron chi connectivity index (χ3n) is 5.11. The van der Waals surface area contributed by atoms with E-state index in [1.807, 2.05) is 0 Å². The molecule has 0 heterocycles. The lowest BCUT2D eigenvalue weighted by molar-refractivity contribution is -0.144. The van der Waals surface area contributed by atoms with Crippen molar-refractivity contribution in [2.75, 3.05) is 0 Å². The van der Waals surface area contributed by atoms with Gasteiger partial charge in [-0.25, -0.2) is 4.79 Å². The van der Waals surface area contributed by atoms with Crippen molar-refractivity contribution in [3.05, 3.63) is 0 Å². The van der Waals surface area contributed by atoms with E-state index in [4.69, 9.17) is 16.6 Å². The van der Waals surface area contributed by atoms with Crippen LogP contribution in [0.1, 0.15) is 53.4 Å². The molecule has 188 valence electrons. The van der Waals surface area contributed by atoms with E-state index in [-0.39, 0.29) is 18.3 Å². The highest BCUT2D eigenvalue weighted by atomic mass is 16.4. The molecule has 0 aromatic heterocycles. The average molecular weight is 474 g/mol. The number of carbonyl (C=O) groups excluding carboxylic acids is 4. The molecule has 9 N–H and O–H groups in total. The highest BCUT2D eigenvalue weighted by Crippen LogP contribution is 2.11. The summed E-state index contributed by atoms with van der Waals surface area (Å²) in [5.41, 5.74) is 10.8. The molecule has 0 saturated heterocycles. The summed E-state index contributed by atoms with van der Waals surface area (Å²) in [6.45, 7) is 6.96. The molecule has 0 spiro atoms. The minimum Gasteiger partial charge on any atom is -0.481 e. The molecule has 0 saturated carbocycles. The number of primary amides is 1. The van der Waals surface area contributed by atoms with Crippen molar-refractivity contribution in [3.63, 3.8) is 0 Å². The Balaban J connectivity index is 5.66. The van der Waals surface area contributed by atoms with E-state index in [9.17, 15) is 33.9 Å². The standard InChI is InChI=1S/C20H35N5O8/c1-5-10(4)16(25-18(30)15(22)9(2)3)19(31)23-11(6-7-14(27)28)17(29)24-12(20(32)33)8-13(21)26/h9-12,15-16H,5-8,22H2,1-4H3,(H2,21,26)(H,23,31)(H,24,29)(H,25,30)(H,27,28)(H,32,33). The Bertz CT molecular complexity index is 742. The Morgan fingerprint density at radius 3 is 1.82 bits per heavy atom. The Hall–Kier alpha value is -3.22. The fourth-order valence-electron chi connectivity index (χ4n) is 2.73. The van der Waals surface area contributed by atoms with E-state index in [1.165, 1.54) is 0 Å². The molecule has 0 aliphatic carbocycles. The van der Waals surface area contributed by atoms with E-state index in [0.717, 1.165) is 0 Å². The highest BCUT2D eigenvalue weighted by molar-refractivity contribution is 5.95. The molecule has 5 unspecified atom stereocenters. The molecule has 13 nitrogen and oxygen atoms in total. The summed E-state index contributed by atoms with van der Waals surface area (Å²) in [7, 11) is 0. The lowest BCUT2D eigenvalue weighted by Gasteiger charge is -2.28. The van der Waals surface area contributed by atoms with Gasteiger partial charge in [0.1, 0.15) is 18.1 Å². The van der Waals surface area contributed by atoms with Gasteiger partial charge in [0.05, 0.1) is 12.5 Å². The van der Waals surface area contributed by atoms with Gasteiger partial charge in [-0.3, -0.25) is 24.0 Å². The second-order valence-electron chi connectivity index (χ2n) is 8.21. The van der Waals surface area contributed by atoms with Gasteiger partial charge in [0.25, 0.3) is 0 Å². The molecule has 33 heavy (non-hydrogen) atoms. The largest absolute Gasteiger partial charge is 0.481 e. The number of carbonyl (C=O) groups is 6. The van der Waals surface area contributed by atoms with E-state index in [2.05, 4.69) is 16.0 Å². The molecule has 0 radical (unpaired) electrons. The van der Waals surface area contributed by atoms with E-state index in [1.54, 1.807) is 27.7 Å². The maximum atomic E-state index is 12.9. The quantitative estimate of drug-likeness (QED) is 0.143. The van der Waals surface area contributed by atoms with Crippen molar-refractivity contribution in [3.8, 4) is 0 Å². The SMILES string of the molecule is CCC(C)C(NC(=O)C(N)C(C)C)C(=O)NC(CCC(=O)O)C(=O)NC(CC(N)=O)C(=O)O.